The van der Waals surface area contributed by atoms with E-state index in [2.05, 4.69) is 12.1 Å². The number of hydrogen-bond acceptors (Lipinski definition) is 7. The summed E-state index contributed by atoms with van der Waals surface area (Å²) in [5.41, 5.74) is 0. The second-order valence-corrected chi connectivity index (χ2v) is 5.63. The van der Waals surface area contributed by atoms with Crippen molar-refractivity contribution in [2.45, 2.75) is 0 Å². The molecule has 0 radical (unpaired) electrons. The third-order valence-electron chi connectivity index (χ3n) is 2.10. The van der Waals surface area contributed by atoms with Gasteiger partial charge in [0, 0.05) is 11.5 Å². The first kappa shape index (κ1) is 16.4. The molecule has 104 valence electrons. The van der Waals surface area contributed by atoms with E-state index in [1.807, 2.05) is 0 Å². The summed E-state index contributed by atoms with van der Waals surface area (Å²) in [5.74, 6) is 1.32. The summed E-state index contributed by atoms with van der Waals surface area (Å²) < 4.78 is 16.0. The molecule has 1 aliphatic heterocycles. The lowest BCUT2D eigenvalue weighted by Gasteiger charge is -2.05. The smallest absolute Gasteiger partial charge is 0.109 e. The molecule has 1 aliphatic rings. The van der Waals surface area contributed by atoms with Crippen molar-refractivity contribution >= 4 is 23.5 Å². The maximum atomic E-state index is 9.06. The quantitative estimate of drug-likeness (QED) is 0.675. The highest BCUT2D eigenvalue weighted by molar-refractivity contribution is 8.07. The van der Waals surface area contributed by atoms with Crippen molar-refractivity contribution in [3.63, 3.8) is 0 Å². The second-order valence-electron chi connectivity index (χ2n) is 3.42. The summed E-state index contributed by atoms with van der Waals surface area (Å²) in [6.45, 7) is 3.25. The summed E-state index contributed by atoms with van der Waals surface area (Å²) in [4.78, 5) is 0.921. The van der Waals surface area contributed by atoms with Gasteiger partial charge in [-0.1, -0.05) is 0 Å². The molecule has 0 atom stereocenters. The van der Waals surface area contributed by atoms with Gasteiger partial charge in [-0.25, -0.2) is 0 Å². The summed E-state index contributed by atoms with van der Waals surface area (Å²) in [7, 11) is 0. The maximum Gasteiger partial charge on any atom is 0.109 e. The fourth-order valence-electron chi connectivity index (χ4n) is 1.24. The van der Waals surface area contributed by atoms with Crippen LogP contribution in [-0.2, 0) is 14.2 Å². The van der Waals surface area contributed by atoms with E-state index in [0.717, 1.165) is 0 Å². The zero-order chi connectivity index (χ0) is 13.8. The van der Waals surface area contributed by atoms with Crippen molar-refractivity contribution in [2.75, 3.05) is 51.1 Å². The van der Waals surface area contributed by atoms with E-state index < -0.39 is 0 Å². The highest BCUT2D eigenvalue weighted by Crippen LogP contribution is 2.26. The predicted molar refractivity (Wildman–Crippen MR) is 75.6 cm³/mol. The van der Waals surface area contributed by atoms with Crippen molar-refractivity contribution in [1.29, 1.82) is 10.5 Å². The Hall–Kier alpha value is -0.700. The SMILES string of the molecule is N#C/C1=C(\C#N)SCCOCCOCCOCCS1. The summed E-state index contributed by atoms with van der Waals surface area (Å²) in [5, 5.41) is 18.1. The number of thioether (sulfide) groups is 2. The zero-order valence-electron chi connectivity index (χ0n) is 10.6. The second kappa shape index (κ2) is 11.2. The first-order chi connectivity index (χ1) is 9.38. The monoisotopic (exact) mass is 300 g/mol. The molecule has 0 aromatic carbocycles. The molecule has 0 unspecified atom stereocenters. The summed E-state index contributed by atoms with van der Waals surface area (Å²) in [6, 6.07) is 4.15. The van der Waals surface area contributed by atoms with Crippen LogP contribution in [0.25, 0.3) is 0 Å². The molecule has 1 heterocycles. The van der Waals surface area contributed by atoms with Crippen LogP contribution in [0.15, 0.2) is 9.81 Å². The Bertz CT molecular complexity index is 340. The number of rotatable bonds is 0. The Kier molecular flexibility index (Phi) is 9.60. The van der Waals surface area contributed by atoms with Crippen LogP contribution in [0.4, 0.5) is 0 Å². The third-order valence-corrected chi connectivity index (χ3v) is 4.14. The van der Waals surface area contributed by atoms with Crippen LogP contribution in [0.5, 0.6) is 0 Å². The maximum absolute atomic E-state index is 9.06. The molecule has 0 saturated heterocycles. The Balaban J connectivity index is 2.53. The van der Waals surface area contributed by atoms with Crippen molar-refractivity contribution in [2.24, 2.45) is 0 Å². The Morgan fingerprint density at radius 1 is 0.684 bits per heavy atom. The molecule has 0 fully saturated rings. The molecule has 19 heavy (non-hydrogen) atoms. The highest BCUT2D eigenvalue weighted by atomic mass is 32.2. The van der Waals surface area contributed by atoms with Crippen molar-refractivity contribution in [3.05, 3.63) is 9.81 Å². The van der Waals surface area contributed by atoms with Crippen LogP contribution in [0.2, 0.25) is 0 Å². The Labute approximate surface area is 121 Å². The lowest BCUT2D eigenvalue weighted by molar-refractivity contribution is 0.0205. The van der Waals surface area contributed by atoms with E-state index in [4.69, 9.17) is 24.7 Å². The van der Waals surface area contributed by atoms with E-state index in [0.29, 0.717) is 61.0 Å². The molecule has 0 N–H and O–H groups in total. The van der Waals surface area contributed by atoms with Gasteiger partial charge in [0.1, 0.15) is 21.9 Å². The van der Waals surface area contributed by atoms with Crippen molar-refractivity contribution in [3.8, 4) is 12.1 Å². The molecule has 0 spiro atoms. The van der Waals surface area contributed by atoms with Gasteiger partial charge in [-0.15, -0.1) is 23.5 Å². The van der Waals surface area contributed by atoms with E-state index in [1.54, 1.807) is 0 Å². The molecule has 0 amide bonds. The van der Waals surface area contributed by atoms with Gasteiger partial charge in [0.05, 0.1) is 39.6 Å². The van der Waals surface area contributed by atoms with Crippen LogP contribution < -0.4 is 0 Å². The molecule has 5 nitrogen and oxygen atoms in total. The average molecular weight is 300 g/mol. The predicted octanol–water partition coefficient (Wildman–Crippen LogP) is 1.77. The standard InChI is InChI=1S/C12H16N2O3S2/c13-9-11-12(10-14)19-8-6-17-4-2-15-1-3-16-5-7-18-11/h1-8H2/b12-11-. The van der Waals surface area contributed by atoms with Gasteiger partial charge in [0.2, 0.25) is 0 Å². The van der Waals surface area contributed by atoms with Gasteiger partial charge in [-0.3, -0.25) is 0 Å². The van der Waals surface area contributed by atoms with Gasteiger partial charge in [0.25, 0.3) is 0 Å². The normalized spacial score (nSPS) is 24.5. The summed E-state index contributed by atoms with van der Waals surface area (Å²) in [6.07, 6.45) is 0. The first-order valence-corrected chi connectivity index (χ1v) is 7.89. The molecule has 0 bridgehead atoms. The van der Waals surface area contributed by atoms with Crippen LogP contribution in [-0.4, -0.2) is 51.1 Å². The fraction of sp³-hybridized carbons (Fsp3) is 0.667. The minimum Gasteiger partial charge on any atom is -0.378 e. The van der Waals surface area contributed by atoms with Gasteiger partial charge in [-0.05, 0) is 0 Å². The van der Waals surface area contributed by atoms with Crippen LogP contribution in [0, 0.1) is 22.7 Å². The number of ether oxygens (including phenoxy) is 3. The van der Waals surface area contributed by atoms with Crippen molar-refractivity contribution < 1.29 is 14.2 Å². The van der Waals surface area contributed by atoms with Crippen LogP contribution in [0.3, 0.4) is 0 Å². The minimum atomic E-state index is 0.460. The van der Waals surface area contributed by atoms with Crippen LogP contribution >= 0.6 is 23.5 Å². The molecule has 0 saturated carbocycles. The lowest BCUT2D eigenvalue weighted by atomic mass is 10.5. The lowest BCUT2D eigenvalue weighted by Crippen LogP contribution is -2.11. The first-order valence-electron chi connectivity index (χ1n) is 5.91. The van der Waals surface area contributed by atoms with Gasteiger partial charge >= 0.3 is 0 Å². The van der Waals surface area contributed by atoms with E-state index >= 15 is 0 Å². The molecule has 0 aromatic rings. The van der Waals surface area contributed by atoms with E-state index in [9.17, 15) is 0 Å². The molecule has 7 heteroatoms. The Morgan fingerprint density at radius 3 is 1.42 bits per heavy atom. The molecular formula is C12H16N2O3S2. The van der Waals surface area contributed by atoms with E-state index in [1.165, 1.54) is 23.5 Å². The highest BCUT2D eigenvalue weighted by Gasteiger charge is 2.08. The third kappa shape index (κ3) is 7.46. The van der Waals surface area contributed by atoms with Crippen LogP contribution in [0.1, 0.15) is 0 Å². The van der Waals surface area contributed by atoms with E-state index in [-0.39, 0.29) is 0 Å². The number of hydrogen-bond donors (Lipinski definition) is 0. The number of nitrogens with zero attached hydrogens (tertiary/aromatic N) is 2. The number of allylic oxidation sites excluding steroid dienone is 2. The number of nitriles is 2. The average Bonchev–Trinajstić information content (AvgIpc) is 2.45. The van der Waals surface area contributed by atoms with Gasteiger partial charge in [-0.2, -0.15) is 10.5 Å². The van der Waals surface area contributed by atoms with Crippen molar-refractivity contribution in [1.82, 2.24) is 0 Å². The molecule has 0 aliphatic carbocycles. The van der Waals surface area contributed by atoms with Gasteiger partial charge in [0.15, 0.2) is 0 Å². The zero-order valence-corrected chi connectivity index (χ0v) is 12.2. The summed E-state index contributed by atoms with van der Waals surface area (Å²) >= 11 is 2.71. The Morgan fingerprint density at radius 2 is 1.05 bits per heavy atom. The molecular weight excluding hydrogens is 284 g/mol. The molecule has 1 rings (SSSR count). The minimum absolute atomic E-state index is 0.460. The fourth-order valence-corrected chi connectivity index (χ4v) is 2.89. The van der Waals surface area contributed by atoms with Gasteiger partial charge < -0.3 is 14.2 Å². The topological polar surface area (TPSA) is 75.3 Å². The largest absolute Gasteiger partial charge is 0.378 e. The molecule has 0 aromatic heterocycles.